The molecule has 0 fully saturated rings. The predicted octanol–water partition coefficient (Wildman–Crippen LogP) is 5.23. The van der Waals surface area contributed by atoms with Crippen molar-refractivity contribution in [2.24, 2.45) is 0 Å². The van der Waals surface area contributed by atoms with Crippen molar-refractivity contribution >= 4 is 42.4 Å². The van der Waals surface area contributed by atoms with Crippen LogP contribution in [0.25, 0.3) is 10.2 Å². The van der Waals surface area contributed by atoms with Gasteiger partial charge in [-0.25, -0.2) is 17.8 Å². The first-order valence-corrected chi connectivity index (χ1v) is 13.1. The Balaban J connectivity index is 1.53. The van der Waals surface area contributed by atoms with E-state index in [2.05, 4.69) is 4.98 Å². The first kappa shape index (κ1) is 23.8. The molecule has 0 aliphatic heterocycles. The lowest BCUT2D eigenvalue weighted by molar-refractivity contribution is -0.118. The maximum Gasteiger partial charge on any atom is 0.229 e. The molecule has 0 N–H and O–H groups in total. The summed E-state index contributed by atoms with van der Waals surface area (Å²) in [5, 5.41) is 0.540. The van der Waals surface area contributed by atoms with Crippen molar-refractivity contribution in [3.63, 3.8) is 0 Å². The molecule has 0 bridgehead atoms. The standard InChI is InChI=1S/C25H23FN2O4S2/c1-32-20-11-14-22-23(16-20)33-25(27-22)28(17-18-6-3-2-4-7-18)24(29)8-5-15-34(30,31)21-12-9-19(26)10-13-21/h2-4,6-7,9-14,16H,5,8,15,17H2,1H3. The second kappa shape index (κ2) is 10.3. The first-order valence-electron chi connectivity index (χ1n) is 10.6. The number of nitrogens with zero attached hydrogens (tertiary/aromatic N) is 2. The molecule has 0 unspecified atom stereocenters. The third-order valence-electron chi connectivity index (χ3n) is 5.28. The number of fused-ring (bicyclic) bond motifs is 1. The Morgan fingerprint density at radius 1 is 1.06 bits per heavy atom. The summed E-state index contributed by atoms with van der Waals surface area (Å²) in [6.45, 7) is 0.321. The van der Waals surface area contributed by atoms with E-state index in [0.29, 0.717) is 17.4 Å². The molecule has 9 heteroatoms. The van der Waals surface area contributed by atoms with Gasteiger partial charge in [-0.05, 0) is 54.4 Å². The van der Waals surface area contributed by atoms with Crippen LogP contribution in [-0.2, 0) is 21.2 Å². The fraction of sp³-hybridized carbons (Fsp3) is 0.200. The Hall–Kier alpha value is -3.30. The number of benzene rings is 3. The summed E-state index contributed by atoms with van der Waals surface area (Å²) in [6, 6.07) is 19.8. The minimum atomic E-state index is -3.61. The van der Waals surface area contributed by atoms with Crippen LogP contribution in [0.15, 0.2) is 77.7 Å². The number of amides is 1. The number of methoxy groups -OCH3 is 1. The molecule has 1 heterocycles. The molecule has 3 aromatic carbocycles. The lowest BCUT2D eigenvalue weighted by Crippen LogP contribution is -2.30. The van der Waals surface area contributed by atoms with Crippen LogP contribution in [0.1, 0.15) is 18.4 Å². The van der Waals surface area contributed by atoms with E-state index in [1.54, 1.807) is 12.0 Å². The number of sulfone groups is 1. The fourth-order valence-corrected chi connectivity index (χ4v) is 5.79. The van der Waals surface area contributed by atoms with Gasteiger partial charge in [0.1, 0.15) is 11.6 Å². The van der Waals surface area contributed by atoms with Crippen LogP contribution >= 0.6 is 11.3 Å². The monoisotopic (exact) mass is 498 g/mol. The third-order valence-corrected chi connectivity index (χ3v) is 8.13. The van der Waals surface area contributed by atoms with Crippen molar-refractivity contribution in [1.82, 2.24) is 4.98 Å². The second-order valence-electron chi connectivity index (χ2n) is 7.67. The van der Waals surface area contributed by atoms with E-state index in [1.807, 2.05) is 48.5 Å². The van der Waals surface area contributed by atoms with Gasteiger partial charge in [0, 0.05) is 6.42 Å². The van der Waals surface area contributed by atoms with E-state index in [1.165, 1.54) is 23.5 Å². The van der Waals surface area contributed by atoms with Crippen molar-refractivity contribution < 1.29 is 22.3 Å². The largest absolute Gasteiger partial charge is 0.497 e. The summed E-state index contributed by atoms with van der Waals surface area (Å²) in [7, 11) is -2.02. The highest BCUT2D eigenvalue weighted by atomic mass is 32.2. The van der Waals surface area contributed by atoms with Crippen LogP contribution in [0.5, 0.6) is 5.75 Å². The molecule has 1 aromatic heterocycles. The molecule has 4 aromatic rings. The van der Waals surface area contributed by atoms with Gasteiger partial charge in [-0.3, -0.25) is 9.69 Å². The Kier molecular flexibility index (Phi) is 7.23. The van der Waals surface area contributed by atoms with Crippen LogP contribution in [-0.4, -0.2) is 32.2 Å². The zero-order chi connectivity index (χ0) is 24.1. The van der Waals surface area contributed by atoms with Gasteiger partial charge in [-0.1, -0.05) is 41.7 Å². The van der Waals surface area contributed by atoms with Gasteiger partial charge >= 0.3 is 0 Å². The number of anilines is 1. The number of carbonyl (C=O) groups is 1. The summed E-state index contributed by atoms with van der Waals surface area (Å²) < 4.78 is 44.4. The molecule has 0 radical (unpaired) electrons. The first-order chi connectivity index (χ1) is 16.4. The number of rotatable bonds is 9. The second-order valence-corrected chi connectivity index (χ2v) is 10.8. The number of hydrogen-bond donors (Lipinski definition) is 0. The molecule has 4 rings (SSSR count). The van der Waals surface area contributed by atoms with Gasteiger partial charge in [0.2, 0.25) is 5.91 Å². The fourth-order valence-electron chi connectivity index (χ4n) is 3.47. The number of hydrogen-bond acceptors (Lipinski definition) is 6. The summed E-state index contributed by atoms with van der Waals surface area (Å²) in [4.78, 5) is 19.5. The molecule has 0 saturated heterocycles. The zero-order valence-corrected chi connectivity index (χ0v) is 20.1. The number of thiazole rings is 1. The Bertz CT molecular complexity index is 1390. The van der Waals surface area contributed by atoms with Crippen molar-refractivity contribution in [1.29, 1.82) is 0 Å². The topological polar surface area (TPSA) is 76.6 Å². The normalized spacial score (nSPS) is 11.5. The highest BCUT2D eigenvalue weighted by Gasteiger charge is 2.22. The van der Waals surface area contributed by atoms with Crippen LogP contribution in [0, 0.1) is 5.82 Å². The Morgan fingerprint density at radius 3 is 2.50 bits per heavy atom. The third kappa shape index (κ3) is 5.60. The van der Waals surface area contributed by atoms with Gasteiger partial charge in [0.25, 0.3) is 0 Å². The Morgan fingerprint density at radius 2 is 1.79 bits per heavy atom. The van der Waals surface area contributed by atoms with E-state index in [9.17, 15) is 17.6 Å². The predicted molar refractivity (Wildman–Crippen MR) is 131 cm³/mol. The number of halogens is 1. The summed E-state index contributed by atoms with van der Waals surface area (Å²) in [5.41, 5.74) is 1.69. The molecule has 1 amide bonds. The number of ether oxygens (including phenoxy) is 1. The van der Waals surface area contributed by atoms with Gasteiger partial charge in [-0.15, -0.1) is 0 Å². The number of aromatic nitrogens is 1. The summed E-state index contributed by atoms with van der Waals surface area (Å²) >= 11 is 1.38. The van der Waals surface area contributed by atoms with E-state index in [-0.39, 0.29) is 29.4 Å². The molecule has 176 valence electrons. The maximum atomic E-state index is 13.2. The highest BCUT2D eigenvalue weighted by molar-refractivity contribution is 7.91. The average molecular weight is 499 g/mol. The maximum absolute atomic E-state index is 13.2. The minimum absolute atomic E-state index is 0.0342. The smallest absolute Gasteiger partial charge is 0.229 e. The van der Waals surface area contributed by atoms with Crippen molar-refractivity contribution in [3.05, 3.63) is 84.2 Å². The van der Waals surface area contributed by atoms with Crippen LogP contribution in [0.4, 0.5) is 9.52 Å². The van der Waals surface area contributed by atoms with E-state index in [4.69, 9.17) is 4.74 Å². The zero-order valence-electron chi connectivity index (χ0n) is 18.5. The molecule has 0 aliphatic carbocycles. The summed E-state index contributed by atoms with van der Waals surface area (Å²) in [5.74, 6) is -0.224. The highest BCUT2D eigenvalue weighted by Crippen LogP contribution is 2.32. The molecule has 0 aliphatic rings. The molecular weight excluding hydrogens is 475 g/mol. The molecule has 0 saturated carbocycles. The van der Waals surface area contributed by atoms with Crippen LogP contribution < -0.4 is 9.64 Å². The van der Waals surface area contributed by atoms with Crippen molar-refractivity contribution in [2.45, 2.75) is 24.3 Å². The van der Waals surface area contributed by atoms with Gasteiger partial charge in [0.05, 0.1) is 34.5 Å². The molecule has 34 heavy (non-hydrogen) atoms. The average Bonchev–Trinajstić information content (AvgIpc) is 3.26. The molecule has 0 atom stereocenters. The lowest BCUT2D eigenvalue weighted by atomic mass is 10.2. The summed E-state index contributed by atoms with van der Waals surface area (Å²) in [6.07, 6.45) is 0.176. The van der Waals surface area contributed by atoms with Gasteiger partial charge in [0.15, 0.2) is 15.0 Å². The lowest BCUT2D eigenvalue weighted by Gasteiger charge is -2.20. The van der Waals surface area contributed by atoms with Crippen molar-refractivity contribution in [2.75, 3.05) is 17.8 Å². The Labute approximate surface area is 201 Å². The van der Waals surface area contributed by atoms with Crippen LogP contribution in [0.3, 0.4) is 0 Å². The van der Waals surface area contributed by atoms with E-state index in [0.717, 1.165) is 27.9 Å². The molecular formula is C25H23FN2O4S2. The minimum Gasteiger partial charge on any atom is -0.497 e. The quantitative estimate of drug-likeness (QED) is 0.295. The number of carbonyl (C=O) groups excluding carboxylic acids is 1. The van der Waals surface area contributed by atoms with Crippen LogP contribution in [0.2, 0.25) is 0 Å². The molecule has 6 nitrogen and oxygen atoms in total. The van der Waals surface area contributed by atoms with Gasteiger partial charge < -0.3 is 4.74 Å². The van der Waals surface area contributed by atoms with Crippen molar-refractivity contribution in [3.8, 4) is 5.75 Å². The van der Waals surface area contributed by atoms with E-state index >= 15 is 0 Å². The SMILES string of the molecule is COc1ccc2nc(N(Cc3ccccc3)C(=O)CCCS(=O)(=O)c3ccc(F)cc3)sc2c1. The van der Waals surface area contributed by atoms with E-state index < -0.39 is 15.7 Å². The van der Waals surface area contributed by atoms with Gasteiger partial charge in [-0.2, -0.15) is 0 Å². The molecule has 0 spiro atoms.